The van der Waals surface area contributed by atoms with Crippen LogP contribution in [-0.4, -0.2) is 48.0 Å². The van der Waals surface area contributed by atoms with E-state index in [-0.39, 0.29) is 0 Å². The molecule has 0 saturated carbocycles. The number of aromatic nitrogens is 1. The van der Waals surface area contributed by atoms with Gasteiger partial charge in [0, 0.05) is 44.3 Å². The Morgan fingerprint density at radius 3 is 3.00 bits per heavy atom. The van der Waals surface area contributed by atoms with Gasteiger partial charge < -0.3 is 15.1 Å². The minimum atomic E-state index is 0.322. The summed E-state index contributed by atoms with van der Waals surface area (Å²) in [6, 6.07) is 4.98. The zero-order chi connectivity index (χ0) is 14.8. The first-order valence-corrected chi connectivity index (χ1v) is 7.92. The van der Waals surface area contributed by atoms with E-state index in [0.717, 1.165) is 38.4 Å². The van der Waals surface area contributed by atoms with Crippen LogP contribution < -0.4 is 10.2 Å². The van der Waals surface area contributed by atoms with Crippen LogP contribution in [0.5, 0.6) is 0 Å². The number of anilines is 1. The van der Waals surface area contributed by atoms with E-state index in [1.807, 2.05) is 11.1 Å². The van der Waals surface area contributed by atoms with Crippen molar-refractivity contribution in [2.24, 2.45) is 0 Å². The maximum atomic E-state index is 11.7. The molecule has 2 fully saturated rings. The van der Waals surface area contributed by atoms with Gasteiger partial charge in [0.1, 0.15) is 5.82 Å². The molecular weight excluding hydrogens is 264 g/mol. The van der Waals surface area contributed by atoms with Crippen molar-refractivity contribution >= 4 is 11.7 Å². The van der Waals surface area contributed by atoms with Crippen LogP contribution in [-0.2, 0) is 4.79 Å². The second kappa shape index (κ2) is 6.02. The van der Waals surface area contributed by atoms with Gasteiger partial charge in [-0.05, 0) is 31.5 Å². The van der Waals surface area contributed by atoms with Gasteiger partial charge in [-0.1, -0.05) is 13.0 Å². The lowest BCUT2D eigenvalue weighted by Crippen LogP contribution is -2.51. The summed E-state index contributed by atoms with van der Waals surface area (Å²) in [4.78, 5) is 20.7. The van der Waals surface area contributed by atoms with Gasteiger partial charge in [-0.15, -0.1) is 0 Å². The summed E-state index contributed by atoms with van der Waals surface area (Å²) in [6.07, 6.45) is 3.67. The SMILES string of the molecule is CCNC(C)c1ccc(N2CCN3C(=O)CCC3C2)nc1. The molecular formula is C16H24N4O. The van der Waals surface area contributed by atoms with Crippen LogP contribution in [0, 0.1) is 0 Å². The predicted molar refractivity (Wildman–Crippen MR) is 83.3 cm³/mol. The molecule has 2 atom stereocenters. The van der Waals surface area contributed by atoms with E-state index in [9.17, 15) is 4.79 Å². The predicted octanol–water partition coefficient (Wildman–Crippen LogP) is 1.56. The largest absolute Gasteiger partial charge is 0.353 e. The lowest BCUT2D eigenvalue weighted by molar-refractivity contribution is -0.129. The molecule has 2 unspecified atom stereocenters. The standard InChI is InChI=1S/C16H24N4O/c1-3-17-12(2)13-4-6-15(18-10-13)19-8-9-20-14(11-19)5-7-16(20)21/h4,6,10,12,14,17H,3,5,7-9,11H2,1-2H3. The van der Waals surface area contributed by atoms with E-state index < -0.39 is 0 Å². The highest BCUT2D eigenvalue weighted by molar-refractivity contribution is 5.79. The molecule has 0 radical (unpaired) electrons. The van der Waals surface area contributed by atoms with Crippen LogP contribution in [0.3, 0.4) is 0 Å². The molecule has 0 aliphatic carbocycles. The maximum absolute atomic E-state index is 11.7. The van der Waals surface area contributed by atoms with E-state index in [4.69, 9.17) is 0 Å². The summed E-state index contributed by atoms with van der Waals surface area (Å²) in [6.45, 7) is 7.86. The first-order chi connectivity index (χ1) is 10.2. The first-order valence-electron chi connectivity index (χ1n) is 7.92. The Morgan fingerprint density at radius 1 is 1.43 bits per heavy atom. The summed E-state index contributed by atoms with van der Waals surface area (Å²) in [5.74, 6) is 1.35. The normalized spacial score (nSPS) is 23.3. The monoisotopic (exact) mass is 288 g/mol. The van der Waals surface area contributed by atoms with Crippen molar-refractivity contribution in [3.8, 4) is 0 Å². The summed E-state index contributed by atoms with van der Waals surface area (Å²) in [5.41, 5.74) is 1.22. The van der Waals surface area contributed by atoms with Gasteiger partial charge in [-0.3, -0.25) is 4.79 Å². The highest BCUT2D eigenvalue weighted by Crippen LogP contribution is 2.25. The van der Waals surface area contributed by atoms with Crippen LogP contribution in [0.25, 0.3) is 0 Å². The van der Waals surface area contributed by atoms with Crippen LogP contribution >= 0.6 is 0 Å². The molecule has 2 aliphatic rings. The fourth-order valence-electron chi connectivity index (χ4n) is 3.34. The van der Waals surface area contributed by atoms with Crippen LogP contribution in [0.4, 0.5) is 5.82 Å². The van der Waals surface area contributed by atoms with E-state index in [1.165, 1.54) is 5.56 Å². The van der Waals surface area contributed by atoms with Gasteiger partial charge in [-0.25, -0.2) is 4.98 Å². The van der Waals surface area contributed by atoms with Crippen molar-refractivity contribution in [2.75, 3.05) is 31.1 Å². The zero-order valence-electron chi connectivity index (χ0n) is 12.9. The molecule has 1 amide bonds. The number of fused-ring (bicyclic) bond motifs is 1. The van der Waals surface area contributed by atoms with Crippen molar-refractivity contribution in [1.82, 2.24) is 15.2 Å². The second-order valence-corrected chi connectivity index (χ2v) is 5.95. The Morgan fingerprint density at radius 2 is 2.29 bits per heavy atom. The third-order valence-electron chi connectivity index (χ3n) is 4.60. The van der Waals surface area contributed by atoms with Crippen molar-refractivity contribution in [3.63, 3.8) is 0 Å². The zero-order valence-corrected chi connectivity index (χ0v) is 12.9. The number of hydrogen-bond acceptors (Lipinski definition) is 4. The van der Waals surface area contributed by atoms with Gasteiger partial charge in [0.25, 0.3) is 0 Å². The summed E-state index contributed by atoms with van der Waals surface area (Å²) in [7, 11) is 0. The number of hydrogen-bond donors (Lipinski definition) is 1. The maximum Gasteiger partial charge on any atom is 0.223 e. The van der Waals surface area contributed by atoms with E-state index in [1.54, 1.807) is 0 Å². The fourth-order valence-corrected chi connectivity index (χ4v) is 3.34. The lowest BCUT2D eigenvalue weighted by Gasteiger charge is -2.38. The molecule has 21 heavy (non-hydrogen) atoms. The minimum absolute atomic E-state index is 0.322. The van der Waals surface area contributed by atoms with Gasteiger partial charge in [0.05, 0.1) is 0 Å². The molecule has 3 heterocycles. The number of nitrogens with one attached hydrogen (secondary N) is 1. The number of carbonyl (C=O) groups excluding carboxylic acids is 1. The Bertz CT molecular complexity index is 502. The molecule has 0 spiro atoms. The van der Waals surface area contributed by atoms with Crippen LogP contribution in [0.1, 0.15) is 38.3 Å². The number of nitrogens with zero attached hydrogens (tertiary/aromatic N) is 3. The Labute approximate surface area is 126 Å². The fraction of sp³-hybridized carbons (Fsp3) is 0.625. The van der Waals surface area contributed by atoms with Crippen molar-refractivity contribution in [2.45, 2.75) is 38.8 Å². The van der Waals surface area contributed by atoms with Gasteiger partial charge in [0.15, 0.2) is 0 Å². The highest BCUT2D eigenvalue weighted by Gasteiger charge is 2.35. The molecule has 2 saturated heterocycles. The van der Waals surface area contributed by atoms with E-state index >= 15 is 0 Å². The second-order valence-electron chi connectivity index (χ2n) is 5.95. The topological polar surface area (TPSA) is 48.5 Å². The van der Waals surface area contributed by atoms with Crippen LogP contribution in [0.15, 0.2) is 18.3 Å². The molecule has 3 rings (SSSR count). The molecule has 0 bridgehead atoms. The van der Waals surface area contributed by atoms with E-state index in [0.29, 0.717) is 24.4 Å². The smallest absolute Gasteiger partial charge is 0.223 e. The third kappa shape index (κ3) is 2.88. The van der Waals surface area contributed by atoms with E-state index in [2.05, 4.69) is 41.2 Å². The number of piperazine rings is 1. The summed E-state index contributed by atoms with van der Waals surface area (Å²) < 4.78 is 0. The lowest BCUT2D eigenvalue weighted by atomic mass is 10.1. The average Bonchev–Trinajstić information content (AvgIpc) is 2.88. The Kier molecular flexibility index (Phi) is 4.10. The van der Waals surface area contributed by atoms with Gasteiger partial charge >= 0.3 is 0 Å². The van der Waals surface area contributed by atoms with Crippen molar-refractivity contribution < 1.29 is 4.79 Å². The molecule has 5 heteroatoms. The number of amides is 1. The van der Waals surface area contributed by atoms with Gasteiger partial charge in [-0.2, -0.15) is 0 Å². The van der Waals surface area contributed by atoms with Gasteiger partial charge in [0.2, 0.25) is 5.91 Å². The molecule has 1 aromatic rings. The quantitative estimate of drug-likeness (QED) is 0.913. The third-order valence-corrected chi connectivity index (χ3v) is 4.60. The molecule has 2 aliphatic heterocycles. The first kappa shape index (κ1) is 14.3. The number of pyridine rings is 1. The summed E-state index contributed by atoms with van der Waals surface area (Å²) in [5, 5.41) is 3.40. The number of rotatable bonds is 4. The number of carbonyl (C=O) groups is 1. The minimum Gasteiger partial charge on any atom is -0.353 e. The van der Waals surface area contributed by atoms with Crippen LogP contribution in [0.2, 0.25) is 0 Å². The Balaban J connectivity index is 1.66. The molecule has 0 aromatic carbocycles. The summed E-state index contributed by atoms with van der Waals surface area (Å²) >= 11 is 0. The van der Waals surface area contributed by atoms with Crippen molar-refractivity contribution in [1.29, 1.82) is 0 Å². The molecule has 1 aromatic heterocycles. The van der Waals surface area contributed by atoms with Crippen molar-refractivity contribution in [3.05, 3.63) is 23.9 Å². The average molecular weight is 288 g/mol. The molecule has 1 N–H and O–H groups in total. The highest BCUT2D eigenvalue weighted by atomic mass is 16.2. The Hall–Kier alpha value is -1.62. The molecule has 5 nitrogen and oxygen atoms in total. The molecule has 114 valence electrons.